The molecule has 2 rings (SSSR count). The summed E-state index contributed by atoms with van der Waals surface area (Å²) in [6.07, 6.45) is -0.840. The molecule has 20 heavy (non-hydrogen) atoms. The molecule has 0 fully saturated rings. The Balaban J connectivity index is 2.11. The topological polar surface area (TPSA) is 66.4 Å². The molecule has 7 heteroatoms. The van der Waals surface area contributed by atoms with E-state index >= 15 is 0 Å². The summed E-state index contributed by atoms with van der Waals surface area (Å²) in [5.74, 6) is 0. The van der Waals surface area contributed by atoms with Crippen LogP contribution in [0.25, 0.3) is 0 Å². The van der Waals surface area contributed by atoms with Gasteiger partial charge in [-0.15, -0.1) is 11.3 Å². The molecule has 0 saturated carbocycles. The Labute approximate surface area is 130 Å². The summed E-state index contributed by atoms with van der Waals surface area (Å²) >= 11 is 4.62. The average Bonchev–Trinajstić information content (AvgIpc) is 2.83. The van der Waals surface area contributed by atoms with Crippen LogP contribution in [-0.4, -0.2) is 20.1 Å². The molecular weight excluding hydrogens is 362 g/mol. The highest BCUT2D eigenvalue weighted by molar-refractivity contribution is 9.10. The lowest BCUT2D eigenvalue weighted by Crippen LogP contribution is -2.28. The van der Waals surface area contributed by atoms with E-state index < -0.39 is 16.1 Å². The highest BCUT2D eigenvalue weighted by Crippen LogP contribution is 2.25. The molecule has 2 N–H and O–H groups in total. The Bertz CT molecular complexity index is 697. The number of rotatable bonds is 5. The fourth-order valence-corrected chi connectivity index (χ4v) is 4.70. The Morgan fingerprint density at radius 1 is 1.35 bits per heavy atom. The predicted octanol–water partition coefficient (Wildman–Crippen LogP) is 2.83. The van der Waals surface area contributed by atoms with Crippen LogP contribution >= 0.6 is 27.3 Å². The summed E-state index contributed by atoms with van der Waals surface area (Å²) in [5, 5.41) is 11.9. The number of hydrogen-bond donors (Lipinski definition) is 2. The lowest BCUT2D eigenvalue weighted by atomic mass is 10.2. The van der Waals surface area contributed by atoms with Crippen LogP contribution in [0.15, 0.2) is 45.1 Å². The molecule has 0 aliphatic rings. The van der Waals surface area contributed by atoms with Crippen molar-refractivity contribution in [3.63, 3.8) is 0 Å². The van der Waals surface area contributed by atoms with Crippen LogP contribution in [0.2, 0.25) is 0 Å². The monoisotopic (exact) mass is 375 g/mol. The summed E-state index contributed by atoms with van der Waals surface area (Å²) in [4.78, 5) is 0.940. The SMILES string of the molecule is Cc1ccsc1[C@H](O)CNS(=O)(=O)c1ccccc1Br. The van der Waals surface area contributed by atoms with Gasteiger partial charge in [0.25, 0.3) is 0 Å². The van der Waals surface area contributed by atoms with Gasteiger partial charge < -0.3 is 5.11 Å². The first-order valence-corrected chi connectivity index (χ1v) is 9.03. The van der Waals surface area contributed by atoms with Crippen molar-refractivity contribution in [3.8, 4) is 0 Å². The second-order valence-electron chi connectivity index (χ2n) is 4.27. The molecule has 0 radical (unpaired) electrons. The summed E-state index contributed by atoms with van der Waals surface area (Å²) < 4.78 is 27.3. The second kappa shape index (κ2) is 6.36. The standard InChI is InChI=1S/C13H14BrNO3S2/c1-9-6-7-19-13(9)11(16)8-15-20(17,18)12-5-3-2-4-10(12)14/h2-7,11,15-16H,8H2,1H3/t11-/m1/s1. The molecule has 108 valence electrons. The summed E-state index contributed by atoms with van der Waals surface area (Å²) in [5.41, 5.74) is 0.961. The van der Waals surface area contributed by atoms with E-state index in [4.69, 9.17) is 0 Å². The van der Waals surface area contributed by atoms with E-state index in [1.54, 1.807) is 18.2 Å². The highest BCUT2D eigenvalue weighted by Gasteiger charge is 2.20. The lowest BCUT2D eigenvalue weighted by molar-refractivity contribution is 0.185. The van der Waals surface area contributed by atoms with Gasteiger partial charge in [0.05, 0.1) is 4.90 Å². The van der Waals surface area contributed by atoms with Gasteiger partial charge in [-0.2, -0.15) is 0 Å². The molecule has 1 atom stereocenters. The molecule has 1 aromatic heterocycles. The van der Waals surface area contributed by atoms with Crippen LogP contribution < -0.4 is 4.72 Å². The first-order valence-electron chi connectivity index (χ1n) is 5.88. The van der Waals surface area contributed by atoms with Crippen molar-refractivity contribution < 1.29 is 13.5 Å². The molecule has 1 heterocycles. The van der Waals surface area contributed by atoms with E-state index in [0.717, 1.165) is 10.4 Å². The molecule has 0 bridgehead atoms. The molecule has 0 saturated heterocycles. The zero-order valence-corrected chi connectivity index (χ0v) is 13.9. The fourth-order valence-electron chi connectivity index (χ4n) is 1.75. The van der Waals surface area contributed by atoms with Gasteiger partial charge in [-0.05, 0) is 52.0 Å². The van der Waals surface area contributed by atoms with E-state index in [1.807, 2.05) is 18.4 Å². The Morgan fingerprint density at radius 2 is 2.05 bits per heavy atom. The number of hydrogen-bond acceptors (Lipinski definition) is 4. The van der Waals surface area contributed by atoms with Gasteiger partial charge in [0.2, 0.25) is 10.0 Å². The Kier molecular flexibility index (Phi) is 4.98. The first kappa shape index (κ1) is 15.7. The maximum Gasteiger partial charge on any atom is 0.241 e. The number of sulfonamides is 1. The number of aliphatic hydroxyl groups excluding tert-OH is 1. The van der Waals surface area contributed by atoms with Gasteiger partial charge in [-0.3, -0.25) is 0 Å². The first-order chi connectivity index (χ1) is 9.42. The quantitative estimate of drug-likeness (QED) is 0.844. The van der Waals surface area contributed by atoms with E-state index in [1.165, 1.54) is 17.4 Å². The van der Waals surface area contributed by atoms with Crippen LogP contribution in [0.5, 0.6) is 0 Å². The van der Waals surface area contributed by atoms with E-state index in [-0.39, 0.29) is 11.4 Å². The van der Waals surface area contributed by atoms with Gasteiger partial charge in [0, 0.05) is 15.9 Å². The molecule has 0 aliphatic heterocycles. The second-order valence-corrected chi connectivity index (χ2v) is 7.80. The maximum absolute atomic E-state index is 12.2. The molecule has 0 unspecified atom stereocenters. The minimum atomic E-state index is -3.64. The molecule has 0 amide bonds. The fraction of sp³-hybridized carbons (Fsp3) is 0.231. The third-order valence-corrected chi connectivity index (χ3v) is 6.35. The van der Waals surface area contributed by atoms with Crippen LogP contribution in [0, 0.1) is 6.92 Å². The third-order valence-electron chi connectivity index (χ3n) is 2.80. The Morgan fingerprint density at radius 3 is 2.65 bits per heavy atom. The normalized spacial score (nSPS) is 13.3. The zero-order chi connectivity index (χ0) is 14.8. The maximum atomic E-state index is 12.2. The number of aryl methyl sites for hydroxylation is 1. The van der Waals surface area contributed by atoms with Crippen LogP contribution in [0.3, 0.4) is 0 Å². The van der Waals surface area contributed by atoms with Crippen molar-refractivity contribution >= 4 is 37.3 Å². The third kappa shape index (κ3) is 3.48. The Hall–Kier alpha value is -0.730. The smallest absolute Gasteiger partial charge is 0.241 e. The van der Waals surface area contributed by atoms with Crippen molar-refractivity contribution in [2.45, 2.75) is 17.9 Å². The molecule has 4 nitrogen and oxygen atoms in total. The number of benzene rings is 1. The zero-order valence-electron chi connectivity index (χ0n) is 10.7. The van der Waals surface area contributed by atoms with Gasteiger partial charge >= 0.3 is 0 Å². The van der Waals surface area contributed by atoms with E-state index in [9.17, 15) is 13.5 Å². The predicted molar refractivity (Wildman–Crippen MR) is 83.3 cm³/mol. The van der Waals surface area contributed by atoms with Crippen LogP contribution in [0.1, 0.15) is 16.5 Å². The minimum Gasteiger partial charge on any atom is -0.386 e. The number of thiophene rings is 1. The highest BCUT2D eigenvalue weighted by atomic mass is 79.9. The number of nitrogens with one attached hydrogen (secondary N) is 1. The van der Waals surface area contributed by atoms with Crippen molar-refractivity contribution in [2.24, 2.45) is 0 Å². The van der Waals surface area contributed by atoms with Crippen LogP contribution in [0.4, 0.5) is 0 Å². The van der Waals surface area contributed by atoms with E-state index in [2.05, 4.69) is 20.7 Å². The summed E-state index contributed by atoms with van der Waals surface area (Å²) in [7, 11) is -3.64. The molecule has 0 spiro atoms. The molecule has 0 aliphatic carbocycles. The summed E-state index contributed by atoms with van der Waals surface area (Å²) in [6, 6.07) is 8.46. The lowest BCUT2D eigenvalue weighted by Gasteiger charge is -2.12. The number of aliphatic hydroxyl groups is 1. The van der Waals surface area contributed by atoms with Crippen molar-refractivity contribution in [2.75, 3.05) is 6.54 Å². The minimum absolute atomic E-state index is 0.0506. The summed E-state index contributed by atoms with van der Waals surface area (Å²) in [6.45, 7) is 1.84. The van der Waals surface area contributed by atoms with E-state index in [0.29, 0.717) is 4.47 Å². The van der Waals surface area contributed by atoms with Gasteiger partial charge in [-0.1, -0.05) is 12.1 Å². The average molecular weight is 376 g/mol. The van der Waals surface area contributed by atoms with Gasteiger partial charge in [-0.25, -0.2) is 13.1 Å². The van der Waals surface area contributed by atoms with Gasteiger partial charge in [0.15, 0.2) is 0 Å². The number of halogens is 1. The molecule has 2 aromatic rings. The van der Waals surface area contributed by atoms with Crippen molar-refractivity contribution in [3.05, 3.63) is 50.6 Å². The largest absolute Gasteiger partial charge is 0.386 e. The molecular formula is C13H14BrNO3S2. The van der Waals surface area contributed by atoms with Crippen molar-refractivity contribution in [1.29, 1.82) is 0 Å². The molecule has 1 aromatic carbocycles. The van der Waals surface area contributed by atoms with Gasteiger partial charge in [0.1, 0.15) is 6.10 Å². The van der Waals surface area contributed by atoms with Crippen molar-refractivity contribution in [1.82, 2.24) is 4.72 Å². The van der Waals surface area contributed by atoms with Crippen LogP contribution in [-0.2, 0) is 10.0 Å².